The second-order valence-corrected chi connectivity index (χ2v) is 11.0. The highest BCUT2D eigenvalue weighted by Gasteiger charge is 2.34. The number of urea groups is 1. The van der Waals surface area contributed by atoms with Crippen LogP contribution >= 0.6 is 0 Å². The molecule has 1 saturated heterocycles. The van der Waals surface area contributed by atoms with Gasteiger partial charge in [-0.2, -0.15) is 0 Å². The Kier molecular flexibility index (Phi) is 10.9. The van der Waals surface area contributed by atoms with Crippen LogP contribution in [0.2, 0.25) is 0 Å². The molecule has 3 aromatic carbocycles. The molecule has 3 N–H and O–H groups in total. The van der Waals surface area contributed by atoms with Gasteiger partial charge in [-0.15, -0.1) is 0 Å². The quantitative estimate of drug-likeness (QED) is 0.266. The van der Waals surface area contributed by atoms with Gasteiger partial charge in [-0.1, -0.05) is 36.4 Å². The Bertz CT molecular complexity index is 1460. The Morgan fingerprint density at radius 2 is 1.73 bits per heavy atom. The first-order valence-electron chi connectivity index (χ1n) is 15.2. The van der Waals surface area contributed by atoms with Crippen molar-refractivity contribution in [2.75, 3.05) is 45.8 Å². The van der Waals surface area contributed by atoms with Crippen LogP contribution in [-0.4, -0.2) is 68.6 Å². The van der Waals surface area contributed by atoms with Crippen molar-refractivity contribution >= 4 is 17.7 Å². The van der Waals surface area contributed by atoms with Crippen molar-refractivity contribution in [1.29, 1.82) is 0 Å². The Labute approximate surface area is 263 Å². The maximum atomic E-state index is 12.4. The average Bonchev–Trinajstić information content (AvgIpc) is 3.06. The number of esters is 1. The number of nitrogens with zero attached hydrogens (tertiary/aromatic N) is 1. The molecule has 3 aromatic rings. The first-order valence-corrected chi connectivity index (χ1v) is 15.2. The molecule has 0 aliphatic carbocycles. The summed E-state index contributed by atoms with van der Waals surface area (Å²) < 4.78 is 29.0. The van der Waals surface area contributed by atoms with Crippen LogP contribution in [0.15, 0.2) is 60.7 Å². The summed E-state index contributed by atoms with van der Waals surface area (Å²) in [5.74, 6) is 0.948. The maximum absolute atomic E-state index is 12.4. The minimum absolute atomic E-state index is 0.0274. The van der Waals surface area contributed by atoms with E-state index in [1.807, 2.05) is 36.4 Å². The summed E-state index contributed by atoms with van der Waals surface area (Å²) in [7, 11) is 3.30. The van der Waals surface area contributed by atoms with Crippen LogP contribution in [0.25, 0.3) is 0 Å². The number of carbonyl (C=O) groups is 2. The van der Waals surface area contributed by atoms with Gasteiger partial charge in [-0.25, -0.2) is 4.79 Å². The molecule has 11 heteroatoms. The zero-order valence-electron chi connectivity index (χ0n) is 25.9. The number of carbonyl (C=O) groups excluding carboxylic acids is 2. The van der Waals surface area contributed by atoms with Gasteiger partial charge in [0.15, 0.2) is 17.8 Å². The first kappa shape index (κ1) is 32.2. The van der Waals surface area contributed by atoms with Crippen molar-refractivity contribution in [3.05, 3.63) is 88.5 Å². The fourth-order valence-electron chi connectivity index (χ4n) is 5.72. The monoisotopic (exact) mass is 619 g/mol. The van der Waals surface area contributed by atoms with E-state index in [0.29, 0.717) is 18.7 Å². The molecule has 0 spiro atoms. The fraction of sp³-hybridized carbons (Fsp3) is 0.412. The van der Waals surface area contributed by atoms with Gasteiger partial charge >= 0.3 is 12.0 Å². The van der Waals surface area contributed by atoms with Crippen LogP contribution in [0.3, 0.4) is 0 Å². The largest absolute Gasteiger partial charge is 0.493 e. The number of rotatable bonds is 11. The number of nitrogens with one attached hydrogen (secondary N) is 2. The standard InChI is InChI=1S/C34H41N3O8/c1-4-43-32(39)18-35-34(40)36-27-7-5-6-25(14-27)33-44-28(17-29(45-33)23-10-8-22(21-38)9-11-23)20-37-13-12-24-15-30(41-2)31(42-3)16-26(24)19-37/h5-11,14-16,28-29,33,38H,4,12-13,17-21H2,1-3H3,(H2,35,36,40). The summed E-state index contributed by atoms with van der Waals surface area (Å²) in [4.78, 5) is 26.4. The average molecular weight is 620 g/mol. The van der Waals surface area contributed by atoms with Crippen LogP contribution in [0.1, 0.15) is 53.6 Å². The molecule has 1 fully saturated rings. The number of aliphatic hydroxyl groups is 1. The van der Waals surface area contributed by atoms with Gasteiger partial charge in [0.1, 0.15) is 6.54 Å². The number of anilines is 1. The third-order valence-corrected chi connectivity index (χ3v) is 7.99. The lowest BCUT2D eigenvalue weighted by atomic mass is 9.97. The number of ether oxygens (including phenoxy) is 5. The molecule has 2 heterocycles. The first-order chi connectivity index (χ1) is 21.9. The van der Waals surface area contributed by atoms with E-state index in [1.54, 1.807) is 33.3 Å². The smallest absolute Gasteiger partial charge is 0.325 e. The summed E-state index contributed by atoms with van der Waals surface area (Å²) in [6, 6.07) is 18.7. The van der Waals surface area contributed by atoms with Gasteiger partial charge in [0.05, 0.1) is 39.6 Å². The van der Waals surface area contributed by atoms with Gasteiger partial charge in [0, 0.05) is 37.3 Å². The lowest BCUT2D eigenvalue weighted by molar-refractivity contribution is -0.253. The molecular formula is C34H41N3O8. The topological polar surface area (TPSA) is 128 Å². The molecule has 0 saturated carbocycles. The van der Waals surface area contributed by atoms with Gasteiger partial charge in [0.2, 0.25) is 0 Å². The van der Waals surface area contributed by atoms with Crippen molar-refractivity contribution < 1.29 is 38.4 Å². The number of hydrogen-bond donors (Lipinski definition) is 3. The van der Waals surface area contributed by atoms with Crippen LogP contribution in [0.5, 0.6) is 11.5 Å². The van der Waals surface area contributed by atoms with Crippen LogP contribution in [0.4, 0.5) is 10.5 Å². The predicted molar refractivity (Wildman–Crippen MR) is 167 cm³/mol. The molecule has 3 atom stereocenters. The number of hydrogen-bond acceptors (Lipinski definition) is 9. The Hall–Kier alpha value is -4.16. The summed E-state index contributed by atoms with van der Waals surface area (Å²) in [5, 5.41) is 14.8. The van der Waals surface area contributed by atoms with E-state index in [-0.39, 0.29) is 32.0 Å². The highest BCUT2D eigenvalue weighted by atomic mass is 16.7. The second kappa shape index (κ2) is 15.2. The normalized spacial score (nSPS) is 19.7. The van der Waals surface area contributed by atoms with Crippen molar-refractivity contribution in [2.45, 2.75) is 51.4 Å². The fourth-order valence-corrected chi connectivity index (χ4v) is 5.72. The van der Waals surface area contributed by atoms with E-state index >= 15 is 0 Å². The zero-order chi connectivity index (χ0) is 31.8. The highest BCUT2D eigenvalue weighted by molar-refractivity contribution is 5.91. The van der Waals surface area contributed by atoms with Gasteiger partial charge in [-0.3, -0.25) is 9.69 Å². The van der Waals surface area contributed by atoms with Crippen LogP contribution < -0.4 is 20.1 Å². The van der Waals surface area contributed by atoms with E-state index in [4.69, 9.17) is 23.7 Å². The molecule has 0 bridgehead atoms. The molecule has 2 amide bonds. The molecule has 45 heavy (non-hydrogen) atoms. The van der Waals surface area contributed by atoms with Crippen LogP contribution in [0, 0.1) is 0 Å². The number of benzene rings is 3. The lowest BCUT2D eigenvalue weighted by Gasteiger charge is -2.39. The van der Waals surface area contributed by atoms with Gasteiger partial charge in [0.25, 0.3) is 0 Å². The molecule has 2 aliphatic heterocycles. The van der Waals surface area contributed by atoms with Crippen molar-refractivity contribution in [2.24, 2.45) is 0 Å². The number of aliphatic hydroxyl groups excluding tert-OH is 1. The van der Waals surface area contributed by atoms with E-state index < -0.39 is 18.3 Å². The van der Waals surface area contributed by atoms with Crippen LogP contribution in [-0.2, 0) is 38.6 Å². The molecule has 0 aromatic heterocycles. The van der Waals surface area contributed by atoms with Gasteiger partial charge < -0.3 is 39.4 Å². The van der Waals surface area contributed by atoms with Crippen molar-refractivity contribution in [3.8, 4) is 11.5 Å². The van der Waals surface area contributed by atoms with E-state index in [1.165, 1.54) is 11.1 Å². The maximum Gasteiger partial charge on any atom is 0.325 e. The summed E-state index contributed by atoms with van der Waals surface area (Å²) in [6.07, 6.45) is 0.473. The molecule has 240 valence electrons. The Morgan fingerprint density at radius 1 is 0.978 bits per heavy atom. The summed E-state index contributed by atoms with van der Waals surface area (Å²) in [5.41, 5.74) is 5.58. The van der Waals surface area contributed by atoms with Gasteiger partial charge in [-0.05, 0) is 59.9 Å². The number of amides is 2. The zero-order valence-corrected chi connectivity index (χ0v) is 25.9. The van der Waals surface area contributed by atoms with Crippen molar-refractivity contribution in [1.82, 2.24) is 10.2 Å². The lowest BCUT2D eigenvalue weighted by Crippen LogP contribution is -2.41. The SMILES string of the molecule is CCOC(=O)CNC(=O)Nc1cccc(C2OC(CN3CCc4cc(OC)c(OC)cc4C3)CC(c3ccc(CO)cc3)O2)c1. The highest BCUT2D eigenvalue weighted by Crippen LogP contribution is 2.39. The number of fused-ring (bicyclic) bond motifs is 1. The molecule has 0 radical (unpaired) electrons. The molecular weight excluding hydrogens is 578 g/mol. The third-order valence-electron chi connectivity index (χ3n) is 7.99. The Balaban J connectivity index is 1.31. The predicted octanol–water partition coefficient (Wildman–Crippen LogP) is 4.48. The molecule has 3 unspecified atom stereocenters. The van der Waals surface area contributed by atoms with E-state index in [2.05, 4.69) is 27.7 Å². The second-order valence-electron chi connectivity index (χ2n) is 11.0. The van der Waals surface area contributed by atoms with E-state index in [9.17, 15) is 14.7 Å². The minimum Gasteiger partial charge on any atom is -0.493 e. The minimum atomic E-state index is -0.683. The molecule has 2 aliphatic rings. The van der Waals surface area contributed by atoms with Crippen molar-refractivity contribution in [3.63, 3.8) is 0 Å². The van der Waals surface area contributed by atoms with E-state index in [0.717, 1.165) is 47.7 Å². The third kappa shape index (κ3) is 8.31. The summed E-state index contributed by atoms with van der Waals surface area (Å²) in [6.45, 7) is 4.04. The summed E-state index contributed by atoms with van der Waals surface area (Å²) >= 11 is 0. The Morgan fingerprint density at radius 3 is 2.44 bits per heavy atom. The number of methoxy groups -OCH3 is 2. The molecule has 11 nitrogen and oxygen atoms in total. The molecule has 5 rings (SSSR count).